The first-order chi connectivity index (χ1) is 6.16. The first-order valence-electron chi connectivity index (χ1n) is 5.07. The highest BCUT2D eigenvalue weighted by molar-refractivity contribution is 6.20. The zero-order valence-electron chi connectivity index (χ0n) is 9.05. The van der Waals surface area contributed by atoms with Crippen molar-refractivity contribution in [1.29, 1.82) is 0 Å². The molecule has 0 aromatic heterocycles. The van der Waals surface area contributed by atoms with Gasteiger partial charge in [0.15, 0.2) is 0 Å². The average Bonchev–Trinajstić information content (AvgIpc) is 2.09. The molecule has 0 spiro atoms. The predicted octanol–water partition coefficient (Wildman–Crippen LogP) is 2.36. The number of likely N-dealkylation sites (N-methyl/N-ethyl adjacent to an activating group) is 1. The number of nitrogens with zero attached hydrogens (tertiary/aromatic N) is 1. The number of rotatable bonds is 8. The Bertz CT molecular complexity index is 109. The summed E-state index contributed by atoms with van der Waals surface area (Å²) in [5.41, 5.74) is 0. The summed E-state index contributed by atoms with van der Waals surface area (Å²) in [6.45, 7) is 7.92. The molecule has 0 aliphatic carbocycles. The molecule has 1 unspecified atom stereocenters. The van der Waals surface area contributed by atoms with Crippen molar-refractivity contribution in [2.24, 2.45) is 0 Å². The average molecular weight is 208 g/mol. The predicted molar refractivity (Wildman–Crippen MR) is 58.5 cm³/mol. The van der Waals surface area contributed by atoms with Gasteiger partial charge in [0.1, 0.15) is 0 Å². The van der Waals surface area contributed by atoms with Crippen LogP contribution in [0, 0.1) is 0 Å². The number of ether oxygens (including phenoxy) is 1. The van der Waals surface area contributed by atoms with Gasteiger partial charge in [0.05, 0.1) is 6.61 Å². The van der Waals surface area contributed by atoms with Crippen LogP contribution in [-0.2, 0) is 4.74 Å². The zero-order chi connectivity index (χ0) is 10.1. The van der Waals surface area contributed by atoms with E-state index in [4.69, 9.17) is 16.3 Å². The Morgan fingerprint density at radius 1 is 1.31 bits per heavy atom. The van der Waals surface area contributed by atoms with Crippen LogP contribution in [0.1, 0.15) is 26.7 Å². The van der Waals surface area contributed by atoms with E-state index in [1.54, 1.807) is 0 Å². The molecule has 0 amide bonds. The van der Waals surface area contributed by atoms with Gasteiger partial charge in [-0.15, -0.1) is 11.6 Å². The maximum absolute atomic E-state index is 5.85. The maximum atomic E-state index is 5.85. The Hall–Kier alpha value is 0.210. The highest BCUT2D eigenvalue weighted by atomic mass is 35.5. The molecular formula is C10H22ClNO. The van der Waals surface area contributed by atoms with Gasteiger partial charge in [0.25, 0.3) is 0 Å². The van der Waals surface area contributed by atoms with Crippen LogP contribution in [0.5, 0.6) is 0 Å². The molecule has 0 radical (unpaired) electrons. The van der Waals surface area contributed by atoms with E-state index < -0.39 is 0 Å². The van der Waals surface area contributed by atoms with E-state index in [0.29, 0.717) is 0 Å². The third-order valence-electron chi connectivity index (χ3n) is 1.87. The van der Waals surface area contributed by atoms with E-state index in [0.717, 1.165) is 39.1 Å². The summed E-state index contributed by atoms with van der Waals surface area (Å²) < 4.78 is 5.39. The molecular weight excluding hydrogens is 186 g/mol. The van der Waals surface area contributed by atoms with Crippen molar-refractivity contribution >= 4 is 11.6 Å². The second-order valence-corrected chi connectivity index (χ2v) is 4.23. The van der Waals surface area contributed by atoms with Gasteiger partial charge < -0.3 is 9.64 Å². The number of hydrogen-bond acceptors (Lipinski definition) is 2. The fourth-order valence-electron chi connectivity index (χ4n) is 0.977. The molecule has 1 atom stereocenters. The third-order valence-corrected chi connectivity index (χ3v) is 2.09. The fraction of sp³-hybridized carbons (Fsp3) is 1.00. The van der Waals surface area contributed by atoms with Crippen molar-refractivity contribution < 1.29 is 4.74 Å². The van der Waals surface area contributed by atoms with Gasteiger partial charge >= 0.3 is 0 Å². The summed E-state index contributed by atoms with van der Waals surface area (Å²) in [5, 5.41) is 0.277. The Balaban J connectivity index is 3.15. The van der Waals surface area contributed by atoms with E-state index in [1.807, 2.05) is 6.92 Å². The molecule has 0 aromatic carbocycles. The van der Waals surface area contributed by atoms with Crippen molar-refractivity contribution in [2.45, 2.75) is 32.1 Å². The largest absolute Gasteiger partial charge is 0.380 e. The normalized spacial score (nSPS) is 13.6. The second-order valence-electron chi connectivity index (χ2n) is 3.49. The molecule has 0 saturated carbocycles. The van der Waals surface area contributed by atoms with Crippen LogP contribution in [-0.4, -0.2) is 43.6 Å². The summed E-state index contributed by atoms with van der Waals surface area (Å²) >= 11 is 5.85. The minimum absolute atomic E-state index is 0.277. The summed E-state index contributed by atoms with van der Waals surface area (Å²) in [5.74, 6) is 0. The van der Waals surface area contributed by atoms with Gasteiger partial charge in [-0.2, -0.15) is 0 Å². The molecule has 0 aliphatic rings. The summed E-state index contributed by atoms with van der Waals surface area (Å²) in [4.78, 5) is 2.26. The molecule has 0 bridgehead atoms. The fourth-order valence-corrected chi connectivity index (χ4v) is 1.07. The lowest BCUT2D eigenvalue weighted by Gasteiger charge is -2.16. The SMILES string of the molecule is CCCOCCN(C)CCC(C)Cl. The lowest BCUT2D eigenvalue weighted by atomic mass is 10.3. The lowest BCUT2D eigenvalue weighted by molar-refractivity contribution is 0.112. The van der Waals surface area contributed by atoms with Crippen molar-refractivity contribution in [1.82, 2.24) is 4.90 Å². The minimum Gasteiger partial charge on any atom is -0.380 e. The van der Waals surface area contributed by atoms with Gasteiger partial charge in [0.2, 0.25) is 0 Å². The highest BCUT2D eigenvalue weighted by Gasteiger charge is 2.00. The molecule has 0 N–H and O–H groups in total. The van der Waals surface area contributed by atoms with Gasteiger partial charge in [-0.05, 0) is 33.4 Å². The van der Waals surface area contributed by atoms with E-state index in [-0.39, 0.29) is 5.38 Å². The van der Waals surface area contributed by atoms with Crippen LogP contribution in [0.25, 0.3) is 0 Å². The monoisotopic (exact) mass is 207 g/mol. The molecule has 0 heterocycles. The number of alkyl halides is 1. The first-order valence-corrected chi connectivity index (χ1v) is 5.50. The first kappa shape index (κ1) is 13.2. The van der Waals surface area contributed by atoms with E-state index in [9.17, 15) is 0 Å². The molecule has 0 saturated heterocycles. The van der Waals surface area contributed by atoms with Crippen LogP contribution in [0.4, 0.5) is 0 Å². The van der Waals surface area contributed by atoms with Crippen molar-refractivity contribution in [2.75, 3.05) is 33.4 Å². The highest BCUT2D eigenvalue weighted by Crippen LogP contribution is 2.00. The summed E-state index contributed by atoms with van der Waals surface area (Å²) in [6, 6.07) is 0. The quantitative estimate of drug-likeness (QED) is 0.448. The lowest BCUT2D eigenvalue weighted by Crippen LogP contribution is -2.25. The van der Waals surface area contributed by atoms with Gasteiger partial charge in [-0.25, -0.2) is 0 Å². The van der Waals surface area contributed by atoms with E-state index in [1.165, 1.54) is 0 Å². The topological polar surface area (TPSA) is 12.5 Å². The van der Waals surface area contributed by atoms with Gasteiger partial charge in [0, 0.05) is 18.5 Å². The van der Waals surface area contributed by atoms with Gasteiger partial charge in [-0.3, -0.25) is 0 Å². The summed E-state index contributed by atoms with van der Waals surface area (Å²) in [7, 11) is 2.11. The Morgan fingerprint density at radius 3 is 2.54 bits per heavy atom. The van der Waals surface area contributed by atoms with E-state index in [2.05, 4.69) is 18.9 Å². The van der Waals surface area contributed by atoms with Crippen molar-refractivity contribution in [3.63, 3.8) is 0 Å². The standard InChI is InChI=1S/C10H22ClNO/c1-4-8-13-9-7-12(3)6-5-10(2)11/h10H,4-9H2,1-3H3. The Kier molecular flexibility index (Phi) is 8.93. The molecule has 0 fully saturated rings. The van der Waals surface area contributed by atoms with Crippen molar-refractivity contribution in [3.05, 3.63) is 0 Å². The number of hydrogen-bond donors (Lipinski definition) is 0. The van der Waals surface area contributed by atoms with Crippen LogP contribution >= 0.6 is 11.6 Å². The van der Waals surface area contributed by atoms with Crippen LogP contribution < -0.4 is 0 Å². The Labute approximate surface area is 87.2 Å². The van der Waals surface area contributed by atoms with E-state index >= 15 is 0 Å². The Morgan fingerprint density at radius 2 is 2.00 bits per heavy atom. The number of halogens is 1. The smallest absolute Gasteiger partial charge is 0.0593 e. The molecule has 2 nitrogen and oxygen atoms in total. The van der Waals surface area contributed by atoms with Crippen molar-refractivity contribution in [3.8, 4) is 0 Å². The summed E-state index contributed by atoms with van der Waals surface area (Å²) in [6.07, 6.45) is 2.15. The maximum Gasteiger partial charge on any atom is 0.0593 e. The van der Waals surface area contributed by atoms with Crippen LogP contribution in [0.15, 0.2) is 0 Å². The molecule has 80 valence electrons. The van der Waals surface area contributed by atoms with Crippen LogP contribution in [0.2, 0.25) is 0 Å². The molecule has 0 aliphatic heterocycles. The molecule has 3 heteroatoms. The molecule has 13 heavy (non-hydrogen) atoms. The third kappa shape index (κ3) is 10.1. The zero-order valence-corrected chi connectivity index (χ0v) is 9.81. The molecule has 0 rings (SSSR count). The van der Waals surface area contributed by atoms with Crippen LogP contribution in [0.3, 0.4) is 0 Å². The van der Waals surface area contributed by atoms with Gasteiger partial charge in [-0.1, -0.05) is 6.92 Å². The minimum atomic E-state index is 0.277. The second kappa shape index (κ2) is 8.79. The molecule has 0 aromatic rings.